The van der Waals surface area contributed by atoms with Crippen molar-refractivity contribution in [1.82, 2.24) is 14.9 Å². The topological polar surface area (TPSA) is 91.6 Å². The summed E-state index contributed by atoms with van der Waals surface area (Å²) in [6.07, 6.45) is 7.68. The second kappa shape index (κ2) is 21.4. The number of hydrogen-bond donors (Lipinski definition) is 4. The zero-order valence-electron chi connectivity index (χ0n) is 21.2. The van der Waals surface area contributed by atoms with Crippen molar-refractivity contribution in [2.75, 3.05) is 43.5 Å². The Morgan fingerprint density at radius 1 is 1.26 bits per heavy atom. The van der Waals surface area contributed by atoms with Gasteiger partial charge in [0.1, 0.15) is 0 Å². The zero-order valence-corrected chi connectivity index (χ0v) is 22.8. The van der Waals surface area contributed by atoms with Crippen molar-refractivity contribution in [2.45, 2.75) is 47.3 Å². The highest BCUT2D eigenvalue weighted by Gasteiger charge is 2.12. The smallest absolute Gasteiger partial charge is 0.204 e. The molecule has 0 aliphatic rings. The van der Waals surface area contributed by atoms with Gasteiger partial charge in [-0.1, -0.05) is 60.7 Å². The van der Waals surface area contributed by atoms with Crippen LogP contribution in [0.15, 0.2) is 54.8 Å². The molecule has 2 aromatic rings. The lowest BCUT2D eigenvalue weighted by molar-refractivity contribution is 0.149. The highest BCUT2D eigenvalue weighted by molar-refractivity contribution is 9.09. The molecule has 0 unspecified atom stereocenters. The van der Waals surface area contributed by atoms with E-state index in [1.807, 2.05) is 62.6 Å². The monoisotopic (exact) mass is 538 g/mol. The van der Waals surface area contributed by atoms with Gasteiger partial charge in [-0.15, -0.1) is 0 Å². The van der Waals surface area contributed by atoms with Crippen LogP contribution in [0.5, 0.6) is 0 Å². The Bertz CT molecular complexity index is 850. The minimum Gasteiger partial charge on any atom is -0.515 e. The Hall–Kier alpha value is -2.13. The van der Waals surface area contributed by atoms with Crippen LogP contribution in [-0.2, 0) is 17.9 Å². The predicted molar refractivity (Wildman–Crippen MR) is 149 cm³/mol. The van der Waals surface area contributed by atoms with E-state index in [2.05, 4.69) is 38.1 Å². The van der Waals surface area contributed by atoms with Crippen LogP contribution in [0.3, 0.4) is 0 Å². The van der Waals surface area contributed by atoms with Crippen molar-refractivity contribution in [3.63, 3.8) is 0 Å². The predicted octanol–water partition coefficient (Wildman–Crippen LogP) is 5.57. The number of aliphatic hydroxyl groups excluding tert-OH is 2. The first kappa shape index (κ1) is 31.9. The zero-order chi connectivity index (χ0) is 25.6. The summed E-state index contributed by atoms with van der Waals surface area (Å²) in [4.78, 5) is 4.66. The molecule has 1 heterocycles. The van der Waals surface area contributed by atoms with Gasteiger partial charge in [0.25, 0.3) is 0 Å². The molecule has 0 aliphatic heterocycles. The molecule has 0 saturated carbocycles. The lowest BCUT2D eigenvalue weighted by Crippen LogP contribution is -2.23. The highest BCUT2D eigenvalue weighted by Crippen LogP contribution is 2.23. The molecule has 0 atom stereocenters. The van der Waals surface area contributed by atoms with Crippen LogP contribution >= 0.6 is 15.9 Å². The van der Waals surface area contributed by atoms with Crippen molar-refractivity contribution in [1.29, 1.82) is 0 Å². The van der Waals surface area contributed by atoms with E-state index in [1.165, 1.54) is 0 Å². The molecule has 2 rings (SSSR count). The second-order valence-electron chi connectivity index (χ2n) is 6.86. The summed E-state index contributed by atoms with van der Waals surface area (Å²) in [5.74, 6) is 0.732. The molecule has 0 spiro atoms. The normalized spacial score (nSPS) is 11.1. The average molecular weight is 540 g/mol. The SMILES string of the molecule is C/C=C\CBr.C=C/C(=C/O)Cn1c(NCCCNCCOCC)nc2cc(CO)ccc21.CC. The number of fused-ring (bicyclic) bond motifs is 1. The van der Waals surface area contributed by atoms with Gasteiger partial charge in [-0.25, -0.2) is 4.98 Å². The van der Waals surface area contributed by atoms with Crippen molar-refractivity contribution in [3.8, 4) is 0 Å². The number of nitrogens with zero attached hydrogens (tertiary/aromatic N) is 2. The highest BCUT2D eigenvalue weighted by atomic mass is 79.9. The molecule has 34 heavy (non-hydrogen) atoms. The molecule has 1 aromatic carbocycles. The molecule has 0 radical (unpaired) electrons. The Balaban J connectivity index is 0.00000138. The molecule has 4 N–H and O–H groups in total. The summed E-state index contributed by atoms with van der Waals surface area (Å²) >= 11 is 3.22. The maximum absolute atomic E-state index is 9.37. The van der Waals surface area contributed by atoms with E-state index in [1.54, 1.807) is 6.08 Å². The van der Waals surface area contributed by atoms with Gasteiger partial charge in [-0.3, -0.25) is 0 Å². The number of rotatable bonds is 14. The molecule has 0 bridgehead atoms. The van der Waals surface area contributed by atoms with Gasteiger partial charge in [-0.05, 0) is 44.5 Å². The second-order valence-corrected chi connectivity index (χ2v) is 7.51. The van der Waals surface area contributed by atoms with Crippen LogP contribution < -0.4 is 10.6 Å². The maximum atomic E-state index is 9.37. The molecule has 1 aromatic heterocycles. The van der Waals surface area contributed by atoms with E-state index < -0.39 is 0 Å². The van der Waals surface area contributed by atoms with Crippen LogP contribution in [0, 0.1) is 0 Å². The third-order valence-corrected chi connectivity index (χ3v) is 4.90. The molecule has 0 aliphatic carbocycles. The van der Waals surface area contributed by atoms with Crippen LogP contribution in [-0.4, -0.2) is 57.9 Å². The van der Waals surface area contributed by atoms with E-state index in [4.69, 9.17) is 4.74 Å². The van der Waals surface area contributed by atoms with Crippen molar-refractivity contribution in [3.05, 3.63) is 60.4 Å². The van der Waals surface area contributed by atoms with Gasteiger partial charge in [0.05, 0.1) is 37.1 Å². The number of imidazole rings is 1. The standard InChI is InChI=1S/C20H30N4O3.C4H7Br.C2H6/c1-3-16(14-25)13-24-19-7-6-17(15-26)12-18(19)23-20(24)22-9-5-8-21-10-11-27-4-2;1-2-3-4-5;1-2/h3,6-7,12,14,21,25-26H,1,4-5,8-11,13,15H2,2H3,(H,22,23);2-3H,4H2,1H3;1-2H3/b16-14-;3-2-;. The fourth-order valence-corrected chi connectivity index (χ4v) is 3.20. The van der Waals surface area contributed by atoms with E-state index in [9.17, 15) is 10.2 Å². The van der Waals surface area contributed by atoms with Gasteiger partial charge in [-0.2, -0.15) is 0 Å². The van der Waals surface area contributed by atoms with Crippen LogP contribution in [0.1, 0.15) is 39.7 Å². The van der Waals surface area contributed by atoms with Gasteiger partial charge in [0, 0.05) is 30.6 Å². The molecule has 0 saturated heterocycles. The van der Waals surface area contributed by atoms with Gasteiger partial charge in [0.15, 0.2) is 0 Å². The minimum atomic E-state index is -0.0204. The van der Waals surface area contributed by atoms with Gasteiger partial charge in [0.2, 0.25) is 5.95 Å². The number of halogens is 1. The molecule has 7 nitrogen and oxygen atoms in total. The number of allylic oxidation sites excluding steroid dienone is 4. The number of hydrogen-bond acceptors (Lipinski definition) is 6. The number of nitrogens with one attached hydrogen (secondary N) is 2. The summed E-state index contributed by atoms with van der Waals surface area (Å²) in [6.45, 7) is 16.1. The Morgan fingerprint density at radius 3 is 2.59 bits per heavy atom. The fourth-order valence-electron chi connectivity index (χ4n) is 2.83. The molecular formula is C26H43BrN4O3. The van der Waals surface area contributed by atoms with E-state index in [0.29, 0.717) is 12.1 Å². The van der Waals surface area contributed by atoms with E-state index >= 15 is 0 Å². The average Bonchev–Trinajstić information content (AvgIpc) is 3.22. The minimum absolute atomic E-state index is 0.0204. The van der Waals surface area contributed by atoms with E-state index in [0.717, 1.165) is 73.4 Å². The van der Waals surface area contributed by atoms with Gasteiger partial charge >= 0.3 is 0 Å². The Labute approximate surface area is 213 Å². The largest absolute Gasteiger partial charge is 0.515 e. The number of alkyl halides is 1. The molecule has 192 valence electrons. The Morgan fingerprint density at radius 2 is 2.03 bits per heavy atom. The van der Waals surface area contributed by atoms with Crippen LogP contribution in [0.25, 0.3) is 11.0 Å². The first-order valence-electron chi connectivity index (χ1n) is 11.9. The van der Waals surface area contributed by atoms with Crippen LogP contribution in [0.2, 0.25) is 0 Å². The fraction of sp³-hybridized carbons (Fsp3) is 0.500. The summed E-state index contributed by atoms with van der Waals surface area (Å²) < 4.78 is 7.30. The first-order chi connectivity index (χ1) is 16.6. The quantitative estimate of drug-likeness (QED) is 0.0826. The number of aliphatic hydroxyl groups is 2. The lowest BCUT2D eigenvalue weighted by atomic mass is 10.2. The molecule has 8 heteroatoms. The number of ether oxygens (including phenoxy) is 1. The molecular weight excluding hydrogens is 496 g/mol. The third-order valence-electron chi connectivity index (χ3n) is 4.53. The lowest BCUT2D eigenvalue weighted by Gasteiger charge is -2.11. The first-order valence-corrected chi connectivity index (χ1v) is 13.0. The summed E-state index contributed by atoms with van der Waals surface area (Å²) in [7, 11) is 0. The number of anilines is 1. The van der Waals surface area contributed by atoms with Crippen molar-refractivity contribution < 1.29 is 14.9 Å². The maximum Gasteiger partial charge on any atom is 0.204 e. The Kier molecular flexibility index (Phi) is 20.1. The number of aromatic nitrogens is 2. The van der Waals surface area contributed by atoms with Crippen LogP contribution in [0.4, 0.5) is 5.95 Å². The summed E-state index contributed by atoms with van der Waals surface area (Å²) in [6, 6.07) is 5.69. The third kappa shape index (κ3) is 12.4. The van der Waals surface area contributed by atoms with Gasteiger partial charge < -0.3 is 30.2 Å². The van der Waals surface area contributed by atoms with Crippen molar-refractivity contribution >= 4 is 32.9 Å². The molecule has 0 fully saturated rings. The summed E-state index contributed by atoms with van der Waals surface area (Å²) in [5.41, 5.74) is 3.26. The summed E-state index contributed by atoms with van der Waals surface area (Å²) in [5, 5.41) is 26.4. The van der Waals surface area contributed by atoms with E-state index in [-0.39, 0.29) is 6.61 Å². The van der Waals surface area contributed by atoms with Crippen molar-refractivity contribution in [2.24, 2.45) is 0 Å². The molecule has 0 amide bonds. The number of benzene rings is 1.